The molecule has 0 aliphatic carbocycles. The van der Waals surface area contributed by atoms with E-state index >= 15 is 0 Å². The fourth-order valence-electron chi connectivity index (χ4n) is 2.52. The van der Waals surface area contributed by atoms with Crippen LogP contribution in [0.1, 0.15) is 45.1 Å². The van der Waals surface area contributed by atoms with Crippen LogP contribution in [0.5, 0.6) is 0 Å². The van der Waals surface area contributed by atoms with Crippen LogP contribution >= 0.6 is 27.3 Å². The molecule has 1 N–H and O–H groups in total. The van der Waals surface area contributed by atoms with Gasteiger partial charge in [0.25, 0.3) is 0 Å². The zero-order valence-electron chi connectivity index (χ0n) is 16.6. The summed E-state index contributed by atoms with van der Waals surface area (Å²) in [7, 11) is 0. The first kappa shape index (κ1) is 23.5. The Morgan fingerprint density at radius 2 is 1.80 bits per heavy atom. The lowest BCUT2D eigenvalue weighted by molar-refractivity contribution is -0.390. The van der Waals surface area contributed by atoms with Crippen LogP contribution in [0.15, 0.2) is 4.47 Å². The van der Waals surface area contributed by atoms with Gasteiger partial charge in [-0.1, -0.05) is 0 Å². The van der Waals surface area contributed by atoms with Crippen molar-refractivity contribution in [2.24, 2.45) is 0 Å². The van der Waals surface area contributed by atoms with Gasteiger partial charge in [-0.05, 0) is 54.1 Å². The average Bonchev–Trinajstić information content (AvgIpc) is 3.13. The third-order valence-corrected chi connectivity index (χ3v) is 6.04. The molecule has 0 unspecified atom stereocenters. The SMILES string of the molecule is CCOC(=O)c1sc(NC(=O)Cn2nc([N+](=O)[O-])c(Br)c2C)c(C(=O)OCC)c1C. The summed E-state index contributed by atoms with van der Waals surface area (Å²) >= 11 is 3.97. The minimum absolute atomic E-state index is 0.0580. The van der Waals surface area contributed by atoms with Crippen molar-refractivity contribution in [2.45, 2.75) is 34.2 Å². The van der Waals surface area contributed by atoms with Gasteiger partial charge in [0.2, 0.25) is 5.91 Å². The standard InChI is InChI=1S/C17H19BrN4O7S/c1-5-28-16(24)11-8(3)13(17(25)29-6-2)30-15(11)19-10(23)7-21-9(4)12(18)14(20-21)22(26)27/h5-7H2,1-4H3,(H,19,23). The lowest BCUT2D eigenvalue weighted by Gasteiger charge is -2.07. The Balaban J connectivity index is 2.34. The van der Waals surface area contributed by atoms with E-state index in [9.17, 15) is 24.5 Å². The number of hydrogen-bond donors (Lipinski definition) is 1. The molecule has 0 atom stereocenters. The maximum atomic E-state index is 12.6. The van der Waals surface area contributed by atoms with Crippen LogP contribution in [0, 0.1) is 24.0 Å². The lowest BCUT2D eigenvalue weighted by Crippen LogP contribution is -2.21. The Kier molecular flexibility index (Phi) is 7.67. The Hall–Kier alpha value is -2.80. The molecule has 30 heavy (non-hydrogen) atoms. The predicted octanol–water partition coefficient (Wildman–Crippen LogP) is 3.22. The molecule has 0 saturated carbocycles. The predicted molar refractivity (Wildman–Crippen MR) is 111 cm³/mol. The maximum absolute atomic E-state index is 12.6. The molecule has 0 aliphatic heterocycles. The number of nitrogens with one attached hydrogen (secondary N) is 1. The van der Waals surface area contributed by atoms with Gasteiger partial charge in [-0.3, -0.25) is 4.79 Å². The Bertz CT molecular complexity index is 1010. The van der Waals surface area contributed by atoms with Crippen LogP contribution in [0.25, 0.3) is 0 Å². The second-order valence-electron chi connectivity index (χ2n) is 5.89. The summed E-state index contributed by atoms with van der Waals surface area (Å²) in [5, 5.41) is 17.5. The first-order valence-electron chi connectivity index (χ1n) is 8.77. The summed E-state index contributed by atoms with van der Waals surface area (Å²) in [6, 6.07) is 0. The smallest absolute Gasteiger partial charge is 0.404 e. The van der Waals surface area contributed by atoms with Crippen molar-refractivity contribution in [2.75, 3.05) is 18.5 Å². The third kappa shape index (κ3) is 4.84. The highest BCUT2D eigenvalue weighted by Gasteiger charge is 2.29. The number of carbonyl (C=O) groups excluding carboxylic acids is 3. The monoisotopic (exact) mass is 502 g/mol. The number of nitrogens with zero attached hydrogens (tertiary/aromatic N) is 3. The van der Waals surface area contributed by atoms with Crippen LogP contribution in [-0.4, -0.2) is 45.8 Å². The summed E-state index contributed by atoms with van der Waals surface area (Å²) in [4.78, 5) is 47.6. The number of nitro groups is 1. The van der Waals surface area contributed by atoms with Crippen LogP contribution in [0.2, 0.25) is 0 Å². The number of rotatable bonds is 8. The molecule has 0 aromatic carbocycles. The molecule has 0 fully saturated rings. The van der Waals surface area contributed by atoms with E-state index in [1.807, 2.05) is 0 Å². The van der Waals surface area contributed by atoms with Crippen molar-refractivity contribution in [3.8, 4) is 0 Å². The Labute approximate surface area is 183 Å². The van der Waals surface area contributed by atoms with E-state index in [1.165, 1.54) is 0 Å². The molecule has 162 valence electrons. The van der Waals surface area contributed by atoms with Gasteiger partial charge in [0.05, 0.1) is 29.6 Å². The molecule has 0 bridgehead atoms. The van der Waals surface area contributed by atoms with Crippen molar-refractivity contribution in [1.82, 2.24) is 9.78 Å². The second kappa shape index (κ2) is 9.80. The number of hydrogen-bond acceptors (Lipinski definition) is 9. The third-order valence-electron chi connectivity index (χ3n) is 3.92. The van der Waals surface area contributed by atoms with Crippen LogP contribution in [0.4, 0.5) is 10.8 Å². The average molecular weight is 503 g/mol. The van der Waals surface area contributed by atoms with Gasteiger partial charge in [0, 0.05) is 0 Å². The molecule has 0 spiro atoms. The van der Waals surface area contributed by atoms with Gasteiger partial charge in [0.1, 0.15) is 20.9 Å². The highest BCUT2D eigenvalue weighted by atomic mass is 79.9. The van der Waals surface area contributed by atoms with Gasteiger partial charge in [-0.15, -0.1) is 11.3 Å². The number of esters is 2. The molecular formula is C17H19BrN4O7S. The molecule has 0 saturated heterocycles. The molecule has 2 rings (SSSR count). The summed E-state index contributed by atoms with van der Waals surface area (Å²) in [5.74, 6) is -2.31. The zero-order valence-corrected chi connectivity index (χ0v) is 19.0. The molecule has 11 nitrogen and oxygen atoms in total. The molecule has 13 heteroatoms. The first-order chi connectivity index (χ1) is 14.1. The topological polar surface area (TPSA) is 143 Å². The first-order valence-corrected chi connectivity index (χ1v) is 10.4. The van der Waals surface area contributed by atoms with E-state index in [-0.39, 0.29) is 39.7 Å². The van der Waals surface area contributed by atoms with Crippen molar-refractivity contribution < 1.29 is 28.8 Å². The Morgan fingerprint density at radius 1 is 1.20 bits per heavy atom. The van der Waals surface area contributed by atoms with Gasteiger partial charge in [-0.25, -0.2) is 9.59 Å². The number of anilines is 1. The van der Waals surface area contributed by atoms with Crippen molar-refractivity contribution >= 4 is 55.9 Å². The summed E-state index contributed by atoms with van der Waals surface area (Å²) in [6.45, 7) is 6.33. The van der Waals surface area contributed by atoms with Crippen molar-refractivity contribution in [1.29, 1.82) is 0 Å². The van der Waals surface area contributed by atoms with Crippen molar-refractivity contribution in [3.05, 3.63) is 36.3 Å². The number of carbonyl (C=O) groups is 3. The fourth-order valence-corrected chi connectivity index (χ4v) is 4.06. The summed E-state index contributed by atoms with van der Waals surface area (Å²) in [5.41, 5.74) is 0.778. The van der Waals surface area contributed by atoms with Gasteiger partial charge < -0.3 is 24.9 Å². The van der Waals surface area contributed by atoms with E-state index < -0.39 is 28.6 Å². The summed E-state index contributed by atoms with van der Waals surface area (Å²) in [6.07, 6.45) is 0. The van der Waals surface area contributed by atoms with E-state index in [2.05, 4.69) is 26.3 Å². The van der Waals surface area contributed by atoms with Gasteiger partial charge in [-0.2, -0.15) is 4.68 Å². The number of amides is 1. The molecule has 2 aromatic rings. The second-order valence-corrected chi connectivity index (χ2v) is 7.70. The van der Waals surface area contributed by atoms with Crippen LogP contribution < -0.4 is 5.32 Å². The number of halogens is 1. The number of aromatic nitrogens is 2. The largest absolute Gasteiger partial charge is 0.462 e. The molecule has 0 aliphatic rings. The maximum Gasteiger partial charge on any atom is 0.404 e. The fraction of sp³-hybridized carbons (Fsp3) is 0.412. The lowest BCUT2D eigenvalue weighted by atomic mass is 10.1. The van der Waals surface area contributed by atoms with E-state index in [4.69, 9.17) is 9.47 Å². The number of thiophene rings is 1. The Morgan fingerprint density at radius 3 is 2.33 bits per heavy atom. The van der Waals surface area contributed by atoms with E-state index in [0.29, 0.717) is 11.3 Å². The van der Waals surface area contributed by atoms with Crippen molar-refractivity contribution in [3.63, 3.8) is 0 Å². The highest BCUT2D eigenvalue weighted by Crippen LogP contribution is 2.34. The highest BCUT2D eigenvalue weighted by molar-refractivity contribution is 9.10. The molecule has 2 aromatic heterocycles. The van der Waals surface area contributed by atoms with Crippen LogP contribution in [0.3, 0.4) is 0 Å². The quantitative estimate of drug-likeness (QED) is 0.329. The minimum Gasteiger partial charge on any atom is -0.462 e. The van der Waals surface area contributed by atoms with Gasteiger partial charge in [0.15, 0.2) is 0 Å². The number of ether oxygens (including phenoxy) is 2. The molecular weight excluding hydrogens is 484 g/mol. The van der Waals surface area contributed by atoms with E-state index in [0.717, 1.165) is 16.0 Å². The normalized spacial score (nSPS) is 10.6. The van der Waals surface area contributed by atoms with Crippen LogP contribution in [-0.2, 0) is 20.8 Å². The molecule has 2 heterocycles. The van der Waals surface area contributed by atoms with Gasteiger partial charge >= 0.3 is 17.8 Å². The minimum atomic E-state index is -0.689. The molecule has 0 radical (unpaired) electrons. The zero-order chi connectivity index (χ0) is 22.6. The summed E-state index contributed by atoms with van der Waals surface area (Å²) < 4.78 is 11.4. The van der Waals surface area contributed by atoms with E-state index in [1.54, 1.807) is 27.7 Å². The molecule has 1 amide bonds.